The smallest absolute Gasteiger partial charge is 0.258 e. The third-order valence-electron chi connectivity index (χ3n) is 2.67. The number of amides is 1. The monoisotopic (exact) mass is 339 g/mol. The van der Waals surface area contributed by atoms with Gasteiger partial charge in [0.1, 0.15) is 11.6 Å². The maximum Gasteiger partial charge on any atom is 0.258 e. The number of benzene rings is 1. The van der Waals surface area contributed by atoms with E-state index in [2.05, 4.69) is 40.2 Å². The van der Waals surface area contributed by atoms with Gasteiger partial charge < -0.3 is 5.32 Å². The number of hydrogen-bond donors (Lipinski definition) is 1. The molecule has 0 aliphatic heterocycles. The zero-order chi connectivity index (χ0) is 14.7. The zero-order valence-corrected chi connectivity index (χ0v) is 12.8. The molecule has 106 valence electrons. The lowest BCUT2D eigenvalue weighted by Gasteiger charge is -2.11. The van der Waals surface area contributed by atoms with E-state index in [9.17, 15) is 9.18 Å². The minimum absolute atomic E-state index is 0.252. The van der Waals surface area contributed by atoms with Crippen molar-refractivity contribution in [1.29, 1.82) is 0 Å². The van der Waals surface area contributed by atoms with E-state index in [1.54, 1.807) is 16.9 Å². The van der Waals surface area contributed by atoms with Crippen LogP contribution in [0, 0.1) is 11.7 Å². The van der Waals surface area contributed by atoms with Gasteiger partial charge in [-0.1, -0.05) is 13.8 Å². The number of hydrogen-bond acceptors (Lipinski definition) is 2. The van der Waals surface area contributed by atoms with Gasteiger partial charge in [0.15, 0.2) is 0 Å². The molecule has 0 aliphatic rings. The molecule has 4 nitrogen and oxygen atoms in total. The van der Waals surface area contributed by atoms with Crippen LogP contribution in [0.1, 0.15) is 24.2 Å². The molecule has 1 amide bonds. The number of aromatic nitrogens is 2. The SMILES string of the molecule is CC(C)Cn1nccc1NC(=O)c1cc(F)ccc1Br. The third kappa shape index (κ3) is 3.45. The van der Waals surface area contributed by atoms with Gasteiger partial charge in [-0.05, 0) is 40.0 Å². The Hall–Kier alpha value is -1.69. The Balaban J connectivity index is 2.20. The van der Waals surface area contributed by atoms with Crippen molar-refractivity contribution in [2.75, 3.05) is 5.32 Å². The topological polar surface area (TPSA) is 46.9 Å². The molecule has 0 atom stereocenters. The molecule has 0 spiro atoms. The molecule has 2 rings (SSSR count). The van der Waals surface area contributed by atoms with Crippen molar-refractivity contribution in [2.45, 2.75) is 20.4 Å². The Morgan fingerprint density at radius 3 is 2.90 bits per heavy atom. The first-order valence-corrected chi connectivity index (χ1v) is 7.05. The normalized spacial score (nSPS) is 10.8. The Morgan fingerprint density at radius 2 is 2.20 bits per heavy atom. The Morgan fingerprint density at radius 1 is 1.45 bits per heavy atom. The summed E-state index contributed by atoms with van der Waals surface area (Å²) in [5.74, 6) is 0.183. The molecule has 0 unspecified atom stereocenters. The number of carbonyl (C=O) groups is 1. The van der Waals surface area contributed by atoms with Gasteiger partial charge in [0.2, 0.25) is 0 Å². The van der Waals surface area contributed by atoms with Crippen LogP contribution in [-0.4, -0.2) is 15.7 Å². The van der Waals surface area contributed by atoms with E-state index >= 15 is 0 Å². The fourth-order valence-electron chi connectivity index (χ4n) is 1.79. The van der Waals surface area contributed by atoms with Crippen molar-refractivity contribution >= 4 is 27.7 Å². The number of anilines is 1. The van der Waals surface area contributed by atoms with E-state index in [1.807, 2.05) is 0 Å². The van der Waals surface area contributed by atoms with Gasteiger partial charge >= 0.3 is 0 Å². The second-order valence-corrected chi connectivity index (χ2v) is 5.73. The van der Waals surface area contributed by atoms with Crippen LogP contribution in [0.15, 0.2) is 34.9 Å². The maximum atomic E-state index is 13.2. The fourth-order valence-corrected chi connectivity index (χ4v) is 2.21. The molecule has 6 heteroatoms. The van der Waals surface area contributed by atoms with Crippen LogP contribution in [0.2, 0.25) is 0 Å². The summed E-state index contributed by atoms with van der Waals surface area (Å²) in [6.45, 7) is 4.83. The number of rotatable bonds is 4. The van der Waals surface area contributed by atoms with E-state index in [-0.39, 0.29) is 11.5 Å². The molecule has 0 fully saturated rings. The minimum Gasteiger partial charge on any atom is -0.307 e. The number of nitrogens with zero attached hydrogens (tertiary/aromatic N) is 2. The Labute approximate surface area is 125 Å². The highest BCUT2D eigenvalue weighted by Gasteiger charge is 2.14. The fraction of sp³-hybridized carbons (Fsp3) is 0.286. The quantitative estimate of drug-likeness (QED) is 0.923. The first-order valence-electron chi connectivity index (χ1n) is 6.25. The van der Waals surface area contributed by atoms with Crippen LogP contribution < -0.4 is 5.32 Å². The standard InChI is InChI=1S/C14H15BrFN3O/c1-9(2)8-19-13(5-6-17-19)18-14(20)11-7-10(16)3-4-12(11)15/h3-7,9H,8H2,1-2H3,(H,18,20). The van der Waals surface area contributed by atoms with Crippen molar-refractivity contribution in [2.24, 2.45) is 5.92 Å². The van der Waals surface area contributed by atoms with E-state index in [4.69, 9.17) is 0 Å². The molecule has 0 radical (unpaired) electrons. The van der Waals surface area contributed by atoms with Gasteiger partial charge in [-0.2, -0.15) is 5.10 Å². The van der Waals surface area contributed by atoms with Crippen LogP contribution in [0.4, 0.5) is 10.2 Å². The summed E-state index contributed by atoms with van der Waals surface area (Å²) in [7, 11) is 0. The summed E-state index contributed by atoms with van der Waals surface area (Å²) >= 11 is 3.24. The highest BCUT2D eigenvalue weighted by molar-refractivity contribution is 9.10. The van der Waals surface area contributed by atoms with E-state index in [1.165, 1.54) is 18.2 Å². The van der Waals surface area contributed by atoms with Gasteiger partial charge in [-0.25, -0.2) is 9.07 Å². The van der Waals surface area contributed by atoms with Crippen LogP contribution in [-0.2, 0) is 6.54 Å². The van der Waals surface area contributed by atoms with Crippen LogP contribution in [0.25, 0.3) is 0 Å². The average molecular weight is 340 g/mol. The molecular formula is C14H15BrFN3O. The summed E-state index contributed by atoms with van der Waals surface area (Å²) in [4.78, 5) is 12.2. The summed E-state index contributed by atoms with van der Waals surface area (Å²) in [6.07, 6.45) is 1.62. The van der Waals surface area contributed by atoms with Gasteiger partial charge in [0, 0.05) is 17.1 Å². The number of carbonyl (C=O) groups excluding carboxylic acids is 1. The Bertz CT molecular complexity index is 625. The maximum absolute atomic E-state index is 13.2. The molecular weight excluding hydrogens is 325 g/mol. The first kappa shape index (κ1) is 14.7. The van der Waals surface area contributed by atoms with Crippen LogP contribution in [0.5, 0.6) is 0 Å². The lowest BCUT2D eigenvalue weighted by atomic mass is 10.2. The molecule has 1 aromatic carbocycles. The summed E-state index contributed by atoms with van der Waals surface area (Å²) < 4.78 is 15.5. The summed E-state index contributed by atoms with van der Waals surface area (Å²) in [5.41, 5.74) is 0.252. The molecule has 1 N–H and O–H groups in total. The van der Waals surface area contributed by atoms with Gasteiger partial charge in [0.25, 0.3) is 5.91 Å². The molecule has 0 saturated heterocycles. The number of halogens is 2. The van der Waals surface area contributed by atoms with E-state index < -0.39 is 5.82 Å². The predicted octanol–water partition coefficient (Wildman–Crippen LogP) is 3.69. The van der Waals surface area contributed by atoms with Gasteiger partial charge in [-0.15, -0.1) is 0 Å². The van der Waals surface area contributed by atoms with Gasteiger partial charge in [-0.3, -0.25) is 4.79 Å². The van der Waals surface area contributed by atoms with Crippen molar-refractivity contribution in [3.63, 3.8) is 0 Å². The van der Waals surface area contributed by atoms with Crippen molar-refractivity contribution in [1.82, 2.24) is 9.78 Å². The van der Waals surface area contributed by atoms with E-state index in [0.29, 0.717) is 22.8 Å². The Kier molecular flexibility index (Phi) is 4.54. The number of nitrogens with one attached hydrogen (secondary N) is 1. The predicted molar refractivity (Wildman–Crippen MR) is 79.1 cm³/mol. The molecule has 0 saturated carbocycles. The first-order chi connectivity index (χ1) is 9.47. The molecule has 2 aromatic rings. The summed E-state index contributed by atoms with van der Waals surface area (Å²) in [6, 6.07) is 5.72. The van der Waals surface area contributed by atoms with Crippen LogP contribution >= 0.6 is 15.9 Å². The second-order valence-electron chi connectivity index (χ2n) is 4.87. The molecule has 20 heavy (non-hydrogen) atoms. The highest BCUT2D eigenvalue weighted by Crippen LogP contribution is 2.19. The van der Waals surface area contributed by atoms with E-state index in [0.717, 1.165) is 0 Å². The largest absolute Gasteiger partial charge is 0.307 e. The molecule has 1 heterocycles. The zero-order valence-electron chi connectivity index (χ0n) is 11.2. The molecule has 0 bridgehead atoms. The van der Waals surface area contributed by atoms with Crippen LogP contribution in [0.3, 0.4) is 0 Å². The lowest BCUT2D eigenvalue weighted by molar-refractivity contribution is 0.102. The van der Waals surface area contributed by atoms with Crippen molar-refractivity contribution in [3.05, 3.63) is 46.3 Å². The van der Waals surface area contributed by atoms with Crippen molar-refractivity contribution < 1.29 is 9.18 Å². The second kappa shape index (κ2) is 6.17. The van der Waals surface area contributed by atoms with Gasteiger partial charge in [0.05, 0.1) is 11.8 Å². The lowest BCUT2D eigenvalue weighted by Crippen LogP contribution is -2.17. The minimum atomic E-state index is -0.450. The third-order valence-corrected chi connectivity index (χ3v) is 3.36. The highest BCUT2D eigenvalue weighted by atomic mass is 79.9. The summed E-state index contributed by atoms with van der Waals surface area (Å²) in [5, 5.41) is 6.90. The average Bonchev–Trinajstić information content (AvgIpc) is 2.78. The van der Waals surface area contributed by atoms with Crippen molar-refractivity contribution in [3.8, 4) is 0 Å². The molecule has 1 aromatic heterocycles. The molecule has 0 aliphatic carbocycles.